The summed E-state index contributed by atoms with van der Waals surface area (Å²) in [7, 11) is -2.62. The van der Waals surface area contributed by atoms with Gasteiger partial charge in [0.1, 0.15) is 5.75 Å². The lowest BCUT2D eigenvalue weighted by atomic mass is 10.1. The molecule has 0 saturated heterocycles. The van der Waals surface area contributed by atoms with E-state index in [1.807, 2.05) is 0 Å². The summed E-state index contributed by atoms with van der Waals surface area (Å²) in [5, 5.41) is 6.43. The average molecular weight is 508 g/mol. The molecule has 2 aromatic heterocycles. The minimum atomic E-state index is -4.97. The fourth-order valence-corrected chi connectivity index (χ4v) is 5.01. The average Bonchev–Trinajstić information content (AvgIpc) is 3.13. The molecule has 2 aromatic carbocycles. The molecule has 0 bridgehead atoms. The molecule has 0 spiro atoms. The van der Waals surface area contributed by atoms with Crippen molar-refractivity contribution in [3.05, 3.63) is 78.0 Å². The van der Waals surface area contributed by atoms with Crippen molar-refractivity contribution in [1.29, 1.82) is 0 Å². The first kappa shape index (κ1) is 24.5. The van der Waals surface area contributed by atoms with Crippen LogP contribution < -0.4 is 15.4 Å². The molecule has 7 nitrogen and oxygen atoms in total. The van der Waals surface area contributed by atoms with Gasteiger partial charge in [0.25, 0.3) is 10.0 Å². The van der Waals surface area contributed by atoms with E-state index in [2.05, 4.69) is 20.4 Å². The van der Waals surface area contributed by atoms with Crippen molar-refractivity contribution in [1.82, 2.24) is 14.3 Å². The summed E-state index contributed by atoms with van der Waals surface area (Å²) < 4.78 is 83.9. The van der Waals surface area contributed by atoms with Gasteiger partial charge in [-0.1, -0.05) is 12.1 Å². The van der Waals surface area contributed by atoms with E-state index in [0.29, 0.717) is 28.9 Å². The molecule has 0 aliphatic carbocycles. The summed E-state index contributed by atoms with van der Waals surface area (Å²) >= 11 is 0. The Morgan fingerprint density at radius 3 is 2.54 bits per heavy atom. The molecule has 12 heteroatoms. The Morgan fingerprint density at radius 1 is 1.09 bits per heavy atom. The lowest BCUT2D eigenvalue weighted by Crippen LogP contribution is -2.18. The molecule has 0 radical (unpaired) electrons. The van der Waals surface area contributed by atoms with Gasteiger partial charge in [0.05, 0.1) is 16.1 Å². The third kappa shape index (κ3) is 5.23. The van der Waals surface area contributed by atoms with Crippen LogP contribution in [0.4, 0.5) is 28.9 Å². The number of rotatable bonds is 7. The zero-order chi connectivity index (χ0) is 25.4. The fourth-order valence-electron chi connectivity index (χ4n) is 3.59. The van der Waals surface area contributed by atoms with E-state index in [9.17, 15) is 26.0 Å². The number of anilines is 2. The maximum absolute atomic E-state index is 14.2. The molecule has 184 valence electrons. The number of ether oxygens (including phenoxy) is 1. The van der Waals surface area contributed by atoms with Gasteiger partial charge in [0, 0.05) is 35.6 Å². The smallest absolute Gasteiger partial charge is 0.406 e. The molecule has 2 N–H and O–H groups in total. The van der Waals surface area contributed by atoms with E-state index in [-0.39, 0.29) is 16.1 Å². The third-order valence-electron chi connectivity index (χ3n) is 5.08. The van der Waals surface area contributed by atoms with Crippen LogP contribution in [0.5, 0.6) is 5.75 Å². The van der Waals surface area contributed by atoms with Gasteiger partial charge >= 0.3 is 6.36 Å². The van der Waals surface area contributed by atoms with Gasteiger partial charge in [0.15, 0.2) is 0 Å². The van der Waals surface area contributed by atoms with E-state index in [4.69, 9.17) is 0 Å². The van der Waals surface area contributed by atoms with Gasteiger partial charge in [0.2, 0.25) is 5.95 Å². The highest BCUT2D eigenvalue weighted by Gasteiger charge is 2.32. The predicted molar refractivity (Wildman–Crippen MR) is 123 cm³/mol. The van der Waals surface area contributed by atoms with E-state index in [1.54, 1.807) is 32.2 Å². The van der Waals surface area contributed by atoms with Crippen LogP contribution in [0.2, 0.25) is 0 Å². The van der Waals surface area contributed by atoms with Crippen LogP contribution >= 0.6 is 0 Å². The predicted octanol–water partition coefficient (Wildman–Crippen LogP) is 5.08. The summed E-state index contributed by atoms with van der Waals surface area (Å²) in [6, 6.07) is 12.1. The highest BCUT2D eigenvalue weighted by Crippen LogP contribution is 2.32. The van der Waals surface area contributed by atoms with Crippen molar-refractivity contribution in [2.75, 3.05) is 12.4 Å². The van der Waals surface area contributed by atoms with Gasteiger partial charge in [-0.25, -0.2) is 17.4 Å². The standard InChI is InChI=1S/C23H20F4N4O3S/c1-14-6-9-20(22(24)29-14)30-16-7-8-19-15(12-28-2)13-31(21(19)10-16)35(32,33)18-5-3-4-17(11-18)34-23(25,26)27/h3-11,13,28,30H,12H2,1-2H3. The van der Waals surface area contributed by atoms with Crippen molar-refractivity contribution >= 4 is 32.3 Å². The van der Waals surface area contributed by atoms with Crippen molar-refractivity contribution in [3.63, 3.8) is 0 Å². The van der Waals surface area contributed by atoms with Gasteiger partial charge in [-0.05, 0) is 55.9 Å². The molecular weight excluding hydrogens is 488 g/mol. The number of nitrogens with zero attached hydrogens (tertiary/aromatic N) is 2. The summed E-state index contributed by atoms with van der Waals surface area (Å²) in [6.07, 6.45) is -3.57. The zero-order valence-corrected chi connectivity index (χ0v) is 19.3. The Hall–Kier alpha value is -3.64. The Bertz CT molecular complexity index is 1500. The number of pyridine rings is 1. The molecule has 0 aliphatic rings. The second-order valence-corrected chi connectivity index (χ2v) is 9.47. The topological polar surface area (TPSA) is 85.2 Å². The number of nitrogens with one attached hydrogen (secondary N) is 2. The Morgan fingerprint density at radius 2 is 1.86 bits per heavy atom. The van der Waals surface area contributed by atoms with Crippen LogP contribution in [0.15, 0.2) is 65.7 Å². The van der Waals surface area contributed by atoms with Crippen molar-refractivity contribution in [2.24, 2.45) is 0 Å². The molecule has 0 amide bonds. The van der Waals surface area contributed by atoms with Gasteiger partial charge < -0.3 is 15.4 Å². The summed E-state index contributed by atoms with van der Waals surface area (Å²) in [5.41, 5.74) is 1.88. The van der Waals surface area contributed by atoms with Crippen molar-refractivity contribution in [2.45, 2.75) is 24.7 Å². The summed E-state index contributed by atoms with van der Waals surface area (Å²) in [6.45, 7) is 1.98. The Balaban J connectivity index is 1.81. The van der Waals surface area contributed by atoms with Gasteiger partial charge in [-0.2, -0.15) is 4.39 Å². The van der Waals surface area contributed by atoms with E-state index in [1.165, 1.54) is 24.4 Å². The molecule has 0 aliphatic heterocycles. The minimum absolute atomic E-state index is 0.100. The quantitative estimate of drug-likeness (QED) is 0.268. The first-order valence-corrected chi connectivity index (χ1v) is 11.7. The highest BCUT2D eigenvalue weighted by atomic mass is 32.2. The lowest BCUT2D eigenvalue weighted by molar-refractivity contribution is -0.274. The van der Waals surface area contributed by atoms with Crippen LogP contribution in [-0.4, -0.2) is 30.8 Å². The number of fused-ring (bicyclic) bond motifs is 1. The molecular formula is C23H20F4N4O3S. The number of hydrogen-bond donors (Lipinski definition) is 2. The third-order valence-corrected chi connectivity index (χ3v) is 6.75. The molecule has 0 unspecified atom stereocenters. The first-order chi connectivity index (χ1) is 16.5. The highest BCUT2D eigenvalue weighted by molar-refractivity contribution is 7.90. The van der Waals surface area contributed by atoms with E-state index >= 15 is 0 Å². The Kier molecular flexibility index (Phi) is 6.43. The number of aromatic nitrogens is 2. The SMILES string of the molecule is CNCc1cn(S(=O)(=O)c2cccc(OC(F)(F)F)c2)c2cc(Nc3ccc(C)nc3F)ccc12. The largest absolute Gasteiger partial charge is 0.573 e. The van der Waals surface area contributed by atoms with Crippen molar-refractivity contribution in [3.8, 4) is 5.75 Å². The molecule has 0 saturated carbocycles. The van der Waals surface area contributed by atoms with Crippen LogP contribution in [-0.2, 0) is 16.6 Å². The zero-order valence-electron chi connectivity index (χ0n) is 18.5. The second kappa shape index (κ2) is 9.19. The first-order valence-electron chi connectivity index (χ1n) is 10.3. The number of benzene rings is 2. The maximum atomic E-state index is 14.2. The minimum Gasteiger partial charge on any atom is -0.406 e. The number of alkyl halides is 3. The van der Waals surface area contributed by atoms with Crippen LogP contribution in [0.1, 0.15) is 11.3 Å². The molecule has 2 heterocycles. The summed E-state index contributed by atoms with van der Waals surface area (Å²) in [4.78, 5) is 3.37. The monoisotopic (exact) mass is 508 g/mol. The van der Waals surface area contributed by atoms with Crippen LogP contribution in [0.25, 0.3) is 10.9 Å². The molecule has 0 atom stereocenters. The molecule has 0 fully saturated rings. The summed E-state index contributed by atoms with van der Waals surface area (Å²) in [5.74, 6) is -1.37. The number of hydrogen-bond acceptors (Lipinski definition) is 6. The van der Waals surface area contributed by atoms with Crippen LogP contribution in [0, 0.1) is 12.9 Å². The second-order valence-electron chi connectivity index (χ2n) is 7.66. The van der Waals surface area contributed by atoms with Crippen LogP contribution in [0.3, 0.4) is 0 Å². The number of halogens is 4. The molecule has 4 aromatic rings. The normalized spacial score (nSPS) is 12.2. The van der Waals surface area contributed by atoms with Gasteiger partial charge in [-0.15, -0.1) is 13.2 Å². The van der Waals surface area contributed by atoms with Gasteiger partial charge in [-0.3, -0.25) is 0 Å². The maximum Gasteiger partial charge on any atom is 0.573 e. The number of aryl methyl sites for hydroxylation is 1. The Labute approximate surface area is 198 Å². The lowest BCUT2D eigenvalue weighted by Gasteiger charge is -2.12. The fraction of sp³-hybridized carbons (Fsp3) is 0.174. The molecule has 4 rings (SSSR count). The molecule has 35 heavy (non-hydrogen) atoms. The van der Waals surface area contributed by atoms with E-state index in [0.717, 1.165) is 22.2 Å². The van der Waals surface area contributed by atoms with E-state index < -0.39 is 28.1 Å². The van der Waals surface area contributed by atoms with Crippen molar-refractivity contribution < 1.29 is 30.7 Å².